The molecule has 0 saturated carbocycles. The maximum Gasteiger partial charge on any atom is 0.407 e. The number of thioether (sulfide) groups is 1. The van der Waals surface area contributed by atoms with E-state index in [0.29, 0.717) is 17.9 Å². The van der Waals surface area contributed by atoms with Gasteiger partial charge in [-0.3, -0.25) is 0 Å². The number of alkyl carbamates (subject to hydrolysis) is 1. The molecule has 0 radical (unpaired) electrons. The summed E-state index contributed by atoms with van der Waals surface area (Å²) in [5.74, 6) is 0.191. The van der Waals surface area contributed by atoms with E-state index in [1.54, 1.807) is 17.8 Å². The second-order valence-electron chi connectivity index (χ2n) is 12.5. The number of rotatable bonds is 11. The summed E-state index contributed by atoms with van der Waals surface area (Å²) in [4.78, 5) is 28.0. The Hall–Kier alpha value is -4.75. The number of amides is 1. The molecule has 242 valence electrons. The SMILES string of the molecule is COC(=O)c1cccc2c(N(C)C[C@H](CSC(c3ccccc3)(c3ccccc3)c3ccccc3)NC(=O)OC(C)(C)C)cccc12. The van der Waals surface area contributed by atoms with Crippen molar-refractivity contribution < 1.29 is 19.1 Å². The minimum atomic E-state index is -0.643. The first-order valence-electron chi connectivity index (χ1n) is 15.7. The van der Waals surface area contributed by atoms with Gasteiger partial charge in [0.05, 0.1) is 23.5 Å². The number of hydrogen-bond acceptors (Lipinski definition) is 6. The summed E-state index contributed by atoms with van der Waals surface area (Å²) in [6, 6.07) is 42.8. The Morgan fingerprint density at radius 1 is 0.723 bits per heavy atom. The van der Waals surface area contributed by atoms with Gasteiger partial charge in [0.2, 0.25) is 0 Å². The van der Waals surface area contributed by atoms with Gasteiger partial charge in [-0.05, 0) is 55.0 Å². The molecule has 6 nitrogen and oxygen atoms in total. The third-order valence-corrected chi connectivity index (χ3v) is 9.68. The van der Waals surface area contributed by atoms with Crippen molar-refractivity contribution >= 4 is 40.3 Å². The van der Waals surface area contributed by atoms with Crippen molar-refractivity contribution in [1.29, 1.82) is 0 Å². The molecule has 0 heterocycles. The topological polar surface area (TPSA) is 67.9 Å². The first-order valence-corrected chi connectivity index (χ1v) is 16.7. The van der Waals surface area contributed by atoms with Crippen molar-refractivity contribution in [2.45, 2.75) is 37.2 Å². The minimum Gasteiger partial charge on any atom is -0.465 e. The molecular weight excluding hydrogens is 605 g/mol. The number of ether oxygens (including phenoxy) is 2. The first-order chi connectivity index (χ1) is 22.6. The minimum absolute atomic E-state index is 0.311. The van der Waals surface area contributed by atoms with Crippen LogP contribution in [0.4, 0.5) is 10.5 Å². The molecule has 0 bridgehead atoms. The highest BCUT2D eigenvalue weighted by Gasteiger charge is 2.38. The Bertz CT molecular complexity index is 1690. The van der Waals surface area contributed by atoms with E-state index < -0.39 is 16.4 Å². The van der Waals surface area contributed by atoms with Crippen LogP contribution in [0.3, 0.4) is 0 Å². The summed E-state index contributed by atoms with van der Waals surface area (Å²) in [6.45, 7) is 6.08. The molecule has 5 rings (SSSR count). The molecule has 5 aromatic rings. The lowest BCUT2D eigenvalue weighted by molar-refractivity contribution is 0.0510. The van der Waals surface area contributed by atoms with E-state index in [-0.39, 0.29) is 12.0 Å². The third kappa shape index (κ3) is 7.80. The van der Waals surface area contributed by atoms with Crippen LogP contribution in [0.15, 0.2) is 127 Å². The normalized spacial score (nSPS) is 12.3. The number of esters is 1. The molecule has 0 fully saturated rings. The van der Waals surface area contributed by atoms with Crippen molar-refractivity contribution in [2.24, 2.45) is 0 Å². The molecule has 0 unspecified atom stereocenters. The van der Waals surface area contributed by atoms with Gasteiger partial charge >= 0.3 is 12.1 Å². The summed E-state index contributed by atoms with van der Waals surface area (Å²) >= 11 is 1.79. The van der Waals surface area contributed by atoms with Gasteiger partial charge in [-0.1, -0.05) is 115 Å². The van der Waals surface area contributed by atoms with Crippen LogP contribution in [0, 0.1) is 0 Å². The number of carbonyl (C=O) groups is 2. The van der Waals surface area contributed by atoms with Crippen LogP contribution in [0.25, 0.3) is 10.8 Å². The first kappa shape index (κ1) is 33.6. The van der Waals surface area contributed by atoms with Crippen molar-refractivity contribution in [3.05, 3.63) is 150 Å². The number of likely N-dealkylation sites (N-methyl/N-ethyl adjacent to an activating group) is 1. The van der Waals surface area contributed by atoms with Gasteiger partial charge in [0.15, 0.2) is 0 Å². The fourth-order valence-corrected chi connectivity index (χ4v) is 7.50. The van der Waals surface area contributed by atoms with E-state index in [1.165, 1.54) is 7.11 Å². The third-order valence-electron chi connectivity index (χ3n) is 7.97. The Morgan fingerprint density at radius 2 is 1.23 bits per heavy atom. The number of anilines is 1. The maximum absolute atomic E-state index is 13.3. The van der Waals surface area contributed by atoms with E-state index in [4.69, 9.17) is 9.47 Å². The van der Waals surface area contributed by atoms with E-state index in [2.05, 4.69) is 83.0 Å². The lowest BCUT2D eigenvalue weighted by atomic mass is 9.84. The fourth-order valence-electron chi connectivity index (χ4n) is 5.95. The van der Waals surface area contributed by atoms with Gasteiger partial charge in [0, 0.05) is 30.4 Å². The molecular formula is C40H42N2O4S. The smallest absolute Gasteiger partial charge is 0.407 e. The number of methoxy groups -OCH3 is 1. The summed E-state index contributed by atoms with van der Waals surface area (Å²) < 4.78 is 10.2. The number of hydrogen-bond donors (Lipinski definition) is 1. The van der Waals surface area contributed by atoms with E-state index in [1.807, 2.05) is 76.3 Å². The van der Waals surface area contributed by atoms with E-state index >= 15 is 0 Å². The average Bonchev–Trinajstić information content (AvgIpc) is 3.08. The lowest BCUT2D eigenvalue weighted by Crippen LogP contribution is -2.47. The summed E-state index contributed by atoms with van der Waals surface area (Å²) in [5, 5.41) is 4.93. The standard InChI is InChI=1S/C40H42N2O4S/c1-39(2,3)46-38(44)41-32(27-42(4)36-26-16-23-33-34(36)24-15-25-35(33)37(43)45-5)28-47-40(29-17-9-6-10-18-29,30-19-11-7-12-20-30)31-21-13-8-14-22-31/h6-26,32H,27-28H2,1-5H3,(H,41,44)/t32-/m1/s1. The van der Waals surface area contributed by atoms with Crippen LogP contribution >= 0.6 is 11.8 Å². The Labute approximate surface area is 282 Å². The number of carbonyl (C=O) groups excluding carboxylic acids is 2. The monoisotopic (exact) mass is 646 g/mol. The largest absolute Gasteiger partial charge is 0.465 e. The van der Waals surface area contributed by atoms with Gasteiger partial charge < -0.3 is 19.7 Å². The van der Waals surface area contributed by atoms with Gasteiger partial charge in [-0.15, -0.1) is 11.8 Å². The molecule has 0 aliphatic carbocycles. The predicted octanol–water partition coefficient (Wildman–Crippen LogP) is 8.68. The van der Waals surface area contributed by atoms with Crippen LogP contribution in [-0.4, -0.2) is 50.2 Å². The molecule has 5 aromatic carbocycles. The number of nitrogens with zero attached hydrogens (tertiary/aromatic N) is 1. The molecule has 1 N–H and O–H groups in total. The van der Waals surface area contributed by atoms with Crippen LogP contribution in [-0.2, 0) is 14.2 Å². The second-order valence-corrected chi connectivity index (χ2v) is 13.7. The highest BCUT2D eigenvalue weighted by atomic mass is 32.2. The van der Waals surface area contributed by atoms with Gasteiger partial charge in [0.1, 0.15) is 5.60 Å². The number of nitrogens with one attached hydrogen (secondary N) is 1. The molecule has 0 saturated heterocycles. The summed E-state index contributed by atoms with van der Waals surface area (Å²) in [5.41, 5.74) is 4.26. The highest BCUT2D eigenvalue weighted by molar-refractivity contribution is 8.00. The van der Waals surface area contributed by atoms with Crippen LogP contribution in [0.2, 0.25) is 0 Å². The van der Waals surface area contributed by atoms with Crippen molar-refractivity contribution in [3.8, 4) is 0 Å². The average molecular weight is 647 g/mol. The van der Waals surface area contributed by atoms with Gasteiger partial charge in [0.25, 0.3) is 0 Å². The molecule has 0 aliphatic heterocycles. The molecule has 0 aliphatic rings. The molecule has 1 amide bonds. The van der Waals surface area contributed by atoms with Crippen LogP contribution in [0.1, 0.15) is 47.8 Å². The number of benzene rings is 5. The molecule has 1 atom stereocenters. The lowest BCUT2D eigenvalue weighted by Gasteiger charge is -2.37. The maximum atomic E-state index is 13.3. The summed E-state index contributed by atoms with van der Waals surface area (Å²) in [6.07, 6.45) is -0.466. The van der Waals surface area contributed by atoms with Gasteiger partial charge in [-0.25, -0.2) is 9.59 Å². The van der Waals surface area contributed by atoms with Crippen LogP contribution in [0.5, 0.6) is 0 Å². The molecule has 47 heavy (non-hydrogen) atoms. The van der Waals surface area contributed by atoms with Gasteiger partial charge in [-0.2, -0.15) is 0 Å². The summed E-state index contributed by atoms with van der Waals surface area (Å²) in [7, 11) is 3.40. The highest BCUT2D eigenvalue weighted by Crippen LogP contribution is 2.48. The van der Waals surface area contributed by atoms with Crippen molar-refractivity contribution in [3.63, 3.8) is 0 Å². The Kier molecular flexibility index (Phi) is 10.6. The van der Waals surface area contributed by atoms with E-state index in [9.17, 15) is 9.59 Å². The Morgan fingerprint density at radius 3 is 1.74 bits per heavy atom. The zero-order valence-corrected chi connectivity index (χ0v) is 28.4. The molecule has 0 aromatic heterocycles. The van der Waals surface area contributed by atoms with Crippen LogP contribution < -0.4 is 10.2 Å². The molecule has 7 heteroatoms. The van der Waals surface area contributed by atoms with Crippen molar-refractivity contribution in [2.75, 3.05) is 31.4 Å². The zero-order chi connectivity index (χ0) is 33.4. The quantitative estimate of drug-likeness (QED) is 0.114. The zero-order valence-electron chi connectivity index (χ0n) is 27.6. The predicted molar refractivity (Wildman–Crippen MR) is 193 cm³/mol. The molecule has 0 spiro atoms. The van der Waals surface area contributed by atoms with Crippen molar-refractivity contribution in [1.82, 2.24) is 5.32 Å². The van der Waals surface area contributed by atoms with E-state index in [0.717, 1.165) is 33.2 Å². The Balaban J connectivity index is 1.54. The number of fused-ring (bicyclic) bond motifs is 1. The fraction of sp³-hybridized carbons (Fsp3) is 0.250. The second kappa shape index (κ2) is 14.8.